The lowest BCUT2D eigenvalue weighted by atomic mass is 10.1. The summed E-state index contributed by atoms with van der Waals surface area (Å²) < 4.78 is 3.72. The molecule has 1 N–H and O–H groups in total. The number of hydrogen-bond donors (Lipinski definition) is 1. The molecule has 120 valence electrons. The van der Waals surface area contributed by atoms with E-state index in [4.69, 9.17) is 0 Å². The molecule has 0 aromatic carbocycles. The molecule has 0 spiro atoms. The molecular weight excluding hydrogens is 298 g/mol. The van der Waals surface area contributed by atoms with Crippen molar-refractivity contribution < 1.29 is 5.11 Å². The first-order valence-corrected chi connectivity index (χ1v) is 9.02. The molecule has 0 bridgehead atoms. The number of aromatic nitrogens is 4. The molecule has 0 amide bonds. The molecule has 1 aliphatic heterocycles. The minimum atomic E-state index is -0.712. The molecule has 1 atom stereocenters. The van der Waals surface area contributed by atoms with Gasteiger partial charge in [0.05, 0.1) is 23.6 Å². The van der Waals surface area contributed by atoms with E-state index in [0.29, 0.717) is 5.69 Å². The zero-order valence-electron chi connectivity index (χ0n) is 13.1. The van der Waals surface area contributed by atoms with E-state index in [0.717, 1.165) is 31.9 Å². The maximum atomic E-state index is 10.5. The third kappa shape index (κ3) is 3.21. The summed E-state index contributed by atoms with van der Waals surface area (Å²) in [6, 6.07) is 3.86. The lowest BCUT2D eigenvalue weighted by Crippen LogP contribution is -2.34. The smallest absolute Gasteiger partial charge is 0.139 e. The van der Waals surface area contributed by atoms with Gasteiger partial charge in [-0.3, -0.25) is 14.3 Å². The average Bonchev–Trinajstić information content (AvgIpc) is 3.12. The van der Waals surface area contributed by atoms with Crippen LogP contribution in [0.3, 0.4) is 0 Å². The van der Waals surface area contributed by atoms with Crippen molar-refractivity contribution in [3.05, 3.63) is 35.4 Å². The fraction of sp³-hybridized carbons (Fsp3) is 0.600. The Morgan fingerprint density at radius 1 is 1.41 bits per heavy atom. The number of aliphatic hydroxyl groups excluding tert-OH is 1. The molecule has 0 aliphatic carbocycles. The first-order chi connectivity index (χ1) is 10.7. The quantitative estimate of drug-likeness (QED) is 0.812. The number of fused-ring (bicyclic) bond motifs is 1. The van der Waals surface area contributed by atoms with Crippen molar-refractivity contribution >= 4 is 11.8 Å². The van der Waals surface area contributed by atoms with Crippen LogP contribution in [0.5, 0.6) is 0 Å². The second kappa shape index (κ2) is 6.85. The fourth-order valence-corrected chi connectivity index (χ4v) is 3.32. The SMILES string of the molecule is CSCCCN1CCn2nc([C@@H](O)c3ccnn3C)cc2C1. The van der Waals surface area contributed by atoms with E-state index in [1.165, 1.54) is 17.9 Å². The lowest BCUT2D eigenvalue weighted by molar-refractivity contribution is 0.199. The van der Waals surface area contributed by atoms with E-state index >= 15 is 0 Å². The highest BCUT2D eigenvalue weighted by Gasteiger charge is 2.22. The molecule has 0 radical (unpaired) electrons. The maximum Gasteiger partial charge on any atom is 0.139 e. The highest BCUT2D eigenvalue weighted by atomic mass is 32.2. The molecule has 0 saturated carbocycles. The van der Waals surface area contributed by atoms with Gasteiger partial charge in [0.2, 0.25) is 0 Å². The lowest BCUT2D eigenvalue weighted by Gasteiger charge is -2.27. The predicted molar refractivity (Wildman–Crippen MR) is 87.8 cm³/mol. The van der Waals surface area contributed by atoms with Crippen LogP contribution in [0, 0.1) is 0 Å². The van der Waals surface area contributed by atoms with Crippen molar-refractivity contribution in [1.29, 1.82) is 0 Å². The van der Waals surface area contributed by atoms with Gasteiger partial charge in [-0.25, -0.2) is 0 Å². The van der Waals surface area contributed by atoms with Crippen LogP contribution in [0.25, 0.3) is 0 Å². The Hall–Kier alpha value is -1.31. The minimum Gasteiger partial charge on any atom is -0.380 e. The third-order valence-electron chi connectivity index (χ3n) is 4.14. The Morgan fingerprint density at radius 2 is 2.27 bits per heavy atom. The van der Waals surface area contributed by atoms with Crippen LogP contribution in [-0.4, -0.2) is 54.7 Å². The second-order valence-electron chi connectivity index (χ2n) is 5.69. The van der Waals surface area contributed by atoms with Crippen molar-refractivity contribution in [2.45, 2.75) is 25.6 Å². The van der Waals surface area contributed by atoms with E-state index in [-0.39, 0.29) is 0 Å². The Kier molecular flexibility index (Phi) is 4.85. The monoisotopic (exact) mass is 321 g/mol. The highest BCUT2D eigenvalue weighted by Crippen LogP contribution is 2.23. The van der Waals surface area contributed by atoms with Crippen LogP contribution in [-0.2, 0) is 20.1 Å². The van der Waals surface area contributed by atoms with E-state index < -0.39 is 6.10 Å². The number of rotatable bonds is 6. The molecule has 0 unspecified atom stereocenters. The minimum absolute atomic E-state index is 0.712. The fourth-order valence-electron chi connectivity index (χ4n) is 2.90. The van der Waals surface area contributed by atoms with Gasteiger partial charge in [0.25, 0.3) is 0 Å². The molecular formula is C15H23N5OS. The second-order valence-corrected chi connectivity index (χ2v) is 6.67. The van der Waals surface area contributed by atoms with Gasteiger partial charge in [-0.2, -0.15) is 22.0 Å². The number of aryl methyl sites for hydroxylation is 1. The van der Waals surface area contributed by atoms with Crippen LogP contribution in [0.2, 0.25) is 0 Å². The van der Waals surface area contributed by atoms with Gasteiger partial charge in [-0.15, -0.1) is 0 Å². The van der Waals surface area contributed by atoms with Crippen molar-refractivity contribution in [3.63, 3.8) is 0 Å². The summed E-state index contributed by atoms with van der Waals surface area (Å²) >= 11 is 1.90. The molecule has 2 aromatic rings. The first-order valence-electron chi connectivity index (χ1n) is 7.63. The zero-order chi connectivity index (χ0) is 15.5. The van der Waals surface area contributed by atoms with Gasteiger partial charge in [0.15, 0.2) is 0 Å². The summed E-state index contributed by atoms with van der Waals surface area (Å²) in [6.45, 7) is 3.97. The van der Waals surface area contributed by atoms with Gasteiger partial charge >= 0.3 is 0 Å². The van der Waals surface area contributed by atoms with Crippen molar-refractivity contribution in [3.8, 4) is 0 Å². The van der Waals surface area contributed by atoms with Crippen LogP contribution in [0.4, 0.5) is 0 Å². The van der Waals surface area contributed by atoms with Crippen LogP contribution in [0.1, 0.15) is 29.6 Å². The van der Waals surface area contributed by atoms with Gasteiger partial charge in [0, 0.05) is 26.3 Å². The van der Waals surface area contributed by atoms with E-state index in [1.54, 1.807) is 10.9 Å². The number of thioether (sulfide) groups is 1. The molecule has 0 fully saturated rings. The van der Waals surface area contributed by atoms with E-state index in [1.807, 2.05) is 35.6 Å². The Labute approximate surface area is 135 Å². The molecule has 7 heteroatoms. The first kappa shape index (κ1) is 15.6. The normalized spacial score (nSPS) is 16.7. The Bertz CT molecular complexity index is 623. The zero-order valence-corrected chi connectivity index (χ0v) is 14.0. The van der Waals surface area contributed by atoms with E-state index in [2.05, 4.69) is 21.4 Å². The van der Waals surface area contributed by atoms with Gasteiger partial charge < -0.3 is 5.11 Å². The topological polar surface area (TPSA) is 59.1 Å². The molecule has 6 nitrogen and oxygen atoms in total. The highest BCUT2D eigenvalue weighted by molar-refractivity contribution is 7.98. The summed E-state index contributed by atoms with van der Waals surface area (Å²) in [5.74, 6) is 1.21. The third-order valence-corrected chi connectivity index (χ3v) is 4.83. The summed E-state index contributed by atoms with van der Waals surface area (Å²) in [4.78, 5) is 2.47. The van der Waals surface area contributed by atoms with Crippen LogP contribution < -0.4 is 0 Å². The van der Waals surface area contributed by atoms with Crippen molar-refractivity contribution in [1.82, 2.24) is 24.5 Å². The maximum absolute atomic E-state index is 10.5. The standard InChI is InChI=1S/C15H23N5OS/c1-18-14(4-5-16-18)15(21)13-10-12-11-19(6-3-9-22-2)7-8-20(12)17-13/h4-5,10,15,21H,3,6-9,11H2,1-2H3/t15-/m1/s1. The number of aliphatic hydroxyl groups is 1. The Morgan fingerprint density at radius 3 is 3.00 bits per heavy atom. The number of hydrogen-bond acceptors (Lipinski definition) is 5. The summed E-state index contributed by atoms with van der Waals surface area (Å²) in [5, 5.41) is 19.2. The molecule has 3 heterocycles. The summed E-state index contributed by atoms with van der Waals surface area (Å²) in [5.41, 5.74) is 2.67. The van der Waals surface area contributed by atoms with E-state index in [9.17, 15) is 5.11 Å². The predicted octanol–water partition coefficient (Wildman–Crippen LogP) is 1.27. The molecule has 2 aromatic heterocycles. The van der Waals surface area contributed by atoms with Crippen molar-refractivity contribution in [2.24, 2.45) is 7.05 Å². The average molecular weight is 321 g/mol. The van der Waals surface area contributed by atoms with Crippen LogP contribution >= 0.6 is 11.8 Å². The summed E-state index contributed by atoms with van der Waals surface area (Å²) in [7, 11) is 1.84. The molecule has 3 rings (SSSR count). The molecule has 0 saturated heterocycles. The number of nitrogens with zero attached hydrogens (tertiary/aromatic N) is 5. The van der Waals surface area contributed by atoms with Gasteiger partial charge in [-0.05, 0) is 37.1 Å². The van der Waals surface area contributed by atoms with Crippen molar-refractivity contribution in [2.75, 3.05) is 25.1 Å². The molecule has 1 aliphatic rings. The van der Waals surface area contributed by atoms with Gasteiger partial charge in [-0.1, -0.05) is 0 Å². The van der Waals surface area contributed by atoms with Crippen LogP contribution in [0.15, 0.2) is 18.3 Å². The summed E-state index contributed by atoms with van der Waals surface area (Å²) in [6.07, 6.45) is 4.36. The largest absolute Gasteiger partial charge is 0.380 e. The van der Waals surface area contributed by atoms with Gasteiger partial charge in [0.1, 0.15) is 6.10 Å². The molecule has 22 heavy (non-hydrogen) atoms. The Balaban J connectivity index is 1.69.